The number of nitrogens with two attached hydrogens (primary N) is 1. The number of rotatable bonds is 3. The van der Waals surface area contributed by atoms with Gasteiger partial charge in [0.2, 0.25) is 0 Å². The van der Waals surface area contributed by atoms with Crippen LogP contribution in [0.1, 0.15) is 6.42 Å². The maximum Gasteiger partial charge on any atom is 0.184 e. The molecule has 0 spiro atoms. The van der Waals surface area contributed by atoms with E-state index in [2.05, 4.69) is 10.3 Å². The highest BCUT2D eigenvalue weighted by Gasteiger charge is 2.32. The minimum atomic E-state index is -0.750. The molecule has 1 unspecified atom stereocenters. The minimum Gasteiger partial charge on any atom is -0.389 e. The van der Waals surface area contributed by atoms with Crippen LogP contribution in [0.25, 0.3) is 0 Å². The SMILES string of the molecule is Nc1cnc(NCC2(O)CCOC2)s1. The maximum atomic E-state index is 9.92. The van der Waals surface area contributed by atoms with Gasteiger partial charge in [-0.2, -0.15) is 0 Å². The second-order valence-corrected chi connectivity index (χ2v) is 4.51. The molecule has 1 aromatic rings. The highest BCUT2D eigenvalue weighted by atomic mass is 32.1. The molecule has 6 heteroatoms. The van der Waals surface area contributed by atoms with E-state index in [1.165, 1.54) is 11.3 Å². The molecule has 2 heterocycles. The molecule has 0 radical (unpaired) electrons. The van der Waals surface area contributed by atoms with Crippen LogP contribution in [0.3, 0.4) is 0 Å². The molecule has 78 valence electrons. The van der Waals surface area contributed by atoms with Gasteiger partial charge in [0, 0.05) is 19.6 Å². The van der Waals surface area contributed by atoms with Crippen LogP contribution in [0.5, 0.6) is 0 Å². The van der Waals surface area contributed by atoms with Crippen LogP contribution < -0.4 is 11.1 Å². The number of anilines is 2. The number of hydrogen-bond donors (Lipinski definition) is 3. The van der Waals surface area contributed by atoms with E-state index in [1.807, 2.05) is 0 Å². The van der Waals surface area contributed by atoms with Crippen molar-refractivity contribution in [2.24, 2.45) is 0 Å². The summed E-state index contributed by atoms with van der Waals surface area (Å²) in [4.78, 5) is 4.04. The van der Waals surface area contributed by atoms with Crippen molar-refractivity contribution in [1.82, 2.24) is 4.98 Å². The number of nitrogens with one attached hydrogen (secondary N) is 1. The van der Waals surface area contributed by atoms with Gasteiger partial charge in [0.1, 0.15) is 10.6 Å². The van der Waals surface area contributed by atoms with Crippen LogP contribution in [-0.4, -0.2) is 35.5 Å². The summed E-state index contributed by atoms with van der Waals surface area (Å²) in [5, 5.41) is 14.4. The molecule has 1 fully saturated rings. The monoisotopic (exact) mass is 215 g/mol. The van der Waals surface area contributed by atoms with E-state index in [4.69, 9.17) is 10.5 Å². The molecular weight excluding hydrogens is 202 g/mol. The molecule has 1 atom stereocenters. The summed E-state index contributed by atoms with van der Waals surface area (Å²) in [5.74, 6) is 0. The zero-order valence-electron chi connectivity index (χ0n) is 7.69. The van der Waals surface area contributed by atoms with Gasteiger partial charge in [0.25, 0.3) is 0 Å². The highest BCUT2D eigenvalue weighted by molar-refractivity contribution is 7.19. The van der Waals surface area contributed by atoms with Crippen LogP contribution in [0.4, 0.5) is 10.1 Å². The molecule has 1 aliphatic heterocycles. The molecule has 1 saturated heterocycles. The predicted octanol–water partition coefficient (Wildman–Crippen LogP) is 0.289. The first-order valence-electron chi connectivity index (χ1n) is 4.43. The second kappa shape index (κ2) is 3.72. The van der Waals surface area contributed by atoms with Crippen molar-refractivity contribution >= 4 is 21.5 Å². The van der Waals surface area contributed by atoms with Gasteiger partial charge >= 0.3 is 0 Å². The molecule has 0 aliphatic carbocycles. The lowest BCUT2D eigenvalue weighted by Crippen LogP contribution is -2.37. The third-order valence-electron chi connectivity index (χ3n) is 2.17. The lowest BCUT2D eigenvalue weighted by molar-refractivity contribution is 0.0382. The number of aliphatic hydroxyl groups is 1. The fraction of sp³-hybridized carbons (Fsp3) is 0.625. The van der Waals surface area contributed by atoms with Crippen molar-refractivity contribution in [3.8, 4) is 0 Å². The van der Waals surface area contributed by atoms with Crippen molar-refractivity contribution in [2.75, 3.05) is 30.8 Å². The molecular formula is C8H13N3O2S. The molecule has 0 aromatic carbocycles. The lowest BCUT2D eigenvalue weighted by Gasteiger charge is -2.19. The lowest BCUT2D eigenvalue weighted by atomic mass is 10.0. The average Bonchev–Trinajstić information content (AvgIpc) is 2.73. The topological polar surface area (TPSA) is 80.4 Å². The molecule has 0 amide bonds. The maximum absolute atomic E-state index is 9.92. The number of thiazole rings is 1. The van der Waals surface area contributed by atoms with Crippen LogP contribution in [0.15, 0.2) is 6.20 Å². The van der Waals surface area contributed by atoms with E-state index >= 15 is 0 Å². The summed E-state index contributed by atoms with van der Waals surface area (Å²) < 4.78 is 5.12. The summed E-state index contributed by atoms with van der Waals surface area (Å²) in [6, 6.07) is 0. The normalized spacial score (nSPS) is 26.6. The van der Waals surface area contributed by atoms with E-state index in [9.17, 15) is 5.11 Å². The van der Waals surface area contributed by atoms with Gasteiger partial charge in [0.15, 0.2) is 5.13 Å². The molecule has 14 heavy (non-hydrogen) atoms. The predicted molar refractivity (Wildman–Crippen MR) is 55.4 cm³/mol. The number of nitrogen functional groups attached to an aromatic ring is 1. The Bertz CT molecular complexity index is 309. The number of hydrogen-bond acceptors (Lipinski definition) is 6. The van der Waals surface area contributed by atoms with Crippen LogP contribution in [-0.2, 0) is 4.74 Å². The van der Waals surface area contributed by atoms with Gasteiger partial charge in [0.05, 0.1) is 12.8 Å². The Morgan fingerprint density at radius 2 is 2.64 bits per heavy atom. The molecule has 1 aliphatic rings. The summed E-state index contributed by atoms with van der Waals surface area (Å²) >= 11 is 1.37. The summed E-state index contributed by atoms with van der Waals surface area (Å²) in [5.41, 5.74) is 4.77. The van der Waals surface area contributed by atoms with Crippen molar-refractivity contribution in [1.29, 1.82) is 0 Å². The fourth-order valence-electron chi connectivity index (χ4n) is 1.34. The van der Waals surface area contributed by atoms with Gasteiger partial charge < -0.3 is 20.9 Å². The van der Waals surface area contributed by atoms with Crippen LogP contribution in [0, 0.1) is 0 Å². The molecule has 1 aromatic heterocycles. The van der Waals surface area contributed by atoms with Crippen LogP contribution in [0.2, 0.25) is 0 Å². The fourth-order valence-corrected chi connectivity index (χ4v) is 1.92. The van der Waals surface area contributed by atoms with Crippen molar-refractivity contribution in [3.63, 3.8) is 0 Å². The Morgan fingerprint density at radius 3 is 3.21 bits per heavy atom. The first-order valence-corrected chi connectivity index (χ1v) is 5.25. The molecule has 4 N–H and O–H groups in total. The minimum absolute atomic E-state index is 0.390. The van der Waals surface area contributed by atoms with Gasteiger partial charge in [-0.15, -0.1) is 0 Å². The number of aromatic nitrogens is 1. The summed E-state index contributed by atoms with van der Waals surface area (Å²) in [7, 11) is 0. The zero-order chi connectivity index (χ0) is 10.0. The van der Waals surface area contributed by atoms with Crippen LogP contribution >= 0.6 is 11.3 Å². The number of ether oxygens (including phenoxy) is 1. The first kappa shape index (κ1) is 9.70. The van der Waals surface area contributed by atoms with Gasteiger partial charge in [-0.25, -0.2) is 4.98 Å². The van der Waals surface area contributed by atoms with E-state index in [0.717, 1.165) is 5.13 Å². The average molecular weight is 215 g/mol. The third kappa shape index (κ3) is 2.14. The zero-order valence-corrected chi connectivity index (χ0v) is 8.51. The number of nitrogens with zero attached hydrogens (tertiary/aromatic N) is 1. The van der Waals surface area contributed by atoms with Crippen molar-refractivity contribution in [3.05, 3.63) is 6.20 Å². The van der Waals surface area contributed by atoms with Gasteiger partial charge in [-0.05, 0) is 0 Å². The molecule has 2 rings (SSSR count). The Labute approximate surface area is 85.9 Å². The quantitative estimate of drug-likeness (QED) is 0.675. The van der Waals surface area contributed by atoms with Gasteiger partial charge in [-0.3, -0.25) is 0 Å². The van der Waals surface area contributed by atoms with E-state index in [0.29, 0.717) is 31.2 Å². The van der Waals surface area contributed by atoms with Crippen molar-refractivity contribution < 1.29 is 9.84 Å². The van der Waals surface area contributed by atoms with E-state index in [1.54, 1.807) is 6.20 Å². The third-order valence-corrected chi connectivity index (χ3v) is 2.96. The summed E-state index contributed by atoms with van der Waals surface area (Å²) in [6.45, 7) is 1.47. The largest absolute Gasteiger partial charge is 0.389 e. The smallest absolute Gasteiger partial charge is 0.184 e. The standard InChI is InChI=1S/C8H13N3O2S/c9-6-3-10-7(14-6)11-4-8(12)1-2-13-5-8/h3,12H,1-2,4-5,9H2,(H,10,11). The Hall–Kier alpha value is -0.850. The van der Waals surface area contributed by atoms with Crippen molar-refractivity contribution in [2.45, 2.75) is 12.0 Å². The van der Waals surface area contributed by atoms with Gasteiger partial charge in [-0.1, -0.05) is 11.3 Å². The Morgan fingerprint density at radius 1 is 1.79 bits per heavy atom. The highest BCUT2D eigenvalue weighted by Crippen LogP contribution is 2.23. The first-order chi connectivity index (χ1) is 6.68. The molecule has 0 bridgehead atoms. The van der Waals surface area contributed by atoms with E-state index in [-0.39, 0.29) is 0 Å². The summed E-state index contributed by atoms with van der Waals surface area (Å²) in [6.07, 6.45) is 2.27. The second-order valence-electron chi connectivity index (χ2n) is 3.45. The Balaban J connectivity index is 1.87. The molecule has 0 saturated carbocycles. The van der Waals surface area contributed by atoms with E-state index < -0.39 is 5.60 Å². The Kier molecular flexibility index (Phi) is 2.58. The molecule has 5 nitrogen and oxygen atoms in total.